The maximum Gasteiger partial charge on any atom is 0.407 e. The quantitative estimate of drug-likeness (QED) is 0.782. The van der Waals surface area contributed by atoms with E-state index in [0.29, 0.717) is 10.6 Å². The number of carbonyl (C=O) groups excluding carboxylic acids is 2. The average molecular weight is 377 g/mol. The van der Waals surface area contributed by atoms with Crippen LogP contribution in [0.25, 0.3) is 0 Å². The maximum absolute atomic E-state index is 12.2. The first kappa shape index (κ1) is 18.0. The van der Waals surface area contributed by atoms with Crippen LogP contribution in [0.3, 0.4) is 0 Å². The van der Waals surface area contributed by atoms with E-state index in [1.54, 1.807) is 45.9 Å². The number of ether oxygens (including phenoxy) is 1. The van der Waals surface area contributed by atoms with Crippen molar-refractivity contribution < 1.29 is 14.3 Å². The zero-order valence-corrected chi connectivity index (χ0v) is 14.8. The van der Waals surface area contributed by atoms with Gasteiger partial charge in [0.15, 0.2) is 5.78 Å². The van der Waals surface area contributed by atoms with Gasteiger partial charge in [-0.2, -0.15) is 0 Å². The van der Waals surface area contributed by atoms with E-state index in [1.807, 2.05) is 0 Å². The van der Waals surface area contributed by atoms with Crippen molar-refractivity contribution in [3.63, 3.8) is 0 Å². The second-order valence-corrected chi connectivity index (χ2v) is 7.12. The van der Waals surface area contributed by atoms with Crippen LogP contribution in [0.1, 0.15) is 44.5 Å². The zero-order valence-electron chi connectivity index (χ0n) is 12.5. The van der Waals surface area contributed by atoms with Gasteiger partial charge in [0, 0.05) is 22.5 Å². The van der Waals surface area contributed by atoms with Crippen LogP contribution in [0, 0.1) is 0 Å². The van der Waals surface area contributed by atoms with Gasteiger partial charge in [0.1, 0.15) is 5.60 Å². The van der Waals surface area contributed by atoms with Crippen molar-refractivity contribution in [1.29, 1.82) is 0 Å². The molecule has 0 aliphatic heterocycles. The topological polar surface area (TPSA) is 55.4 Å². The molecule has 1 rings (SSSR count). The number of amides is 1. The third-order valence-corrected chi connectivity index (χ3v) is 3.29. The average Bonchev–Trinajstić information content (AvgIpc) is 2.24. The molecule has 116 valence electrons. The third-order valence-electron chi connectivity index (χ3n) is 2.49. The molecule has 1 amide bonds. The highest BCUT2D eigenvalue weighted by molar-refractivity contribution is 9.10. The summed E-state index contributed by atoms with van der Waals surface area (Å²) in [4.78, 5) is 23.8. The predicted molar refractivity (Wildman–Crippen MR) is 86.9 cm³/mol. The van der Waals surface area contributed by atoms with Gasteiger partial charge in [-0.1, -0.05) is 27.5 Å². The first-order chi connectivity index (χ1) is 9.58. The van der Waals surface area contributed by atoms with Crippen LogP contribution in [0.2, 0.25) is 5.02 Å². The molecular formula is C15H19BrClNO3. The monoisotopic (exact) mass is 375 g/mol. The van der Waals surface area contributed by atoms with E-state index < -0.39 is 11.7 Å². The molecule has 0 spiro atoms. The van der Waals surface area contributed by atoms with Gasteiger partial charge in [-0.25, -0.2) is 4.79 Å². The first-order valence-corrected chi connectivity index (χ1v) is 7.73. The summed E-state index contributed by atoms with van der Waals surface area (Å²) >= 11 is 9.33. The Labute approximate surface area is 138 Å². The highest BCUT2D eigenvalue weighted by atomic mass is 79.9. The van der Waals surface area contributed by atoms with E-state index >= 15 is 0 Å². The maximum atomic E-state index is 12.2. The van der Waals surface area contributed by atoms with E-state index in [2.05, 4.69) is 21.2 Å². The van der Waals surface area contributed by atoms with Crippen molar-refractivity contribution in [2.24, 2.45) is 0 Å². The van der Waals surface area contributed by atoms with Crippen LogP contribution >= 0.6 is 27.5 Å². The van der Waals surface area contributed by atoms with Crippen LogP contribution in [0.4, 0.5) is 4.79 Å². The third kappa shape index (κ3) is 6.48. The highest BCUT2D eigenvalue weighted by Gasteiger charge is 2.20. The molecule has 0 aliphatic carbocycles. The van der Waals surface area contributed by atoms with Crippen molar-refractivity contribution in [2.45, 2.75) is 45.8 Å². The molecule has 4 nitrogen and oxygen atoms in total. The molecule has 21 heavy (non-hydrogen) atoms. The molecule has 1 aromatic rings. The van der Waals surface area contributed by atoms with Crippen LogP contribution < -0.4 is 5.32 Å². The minimum Gasteiger partial charge on any atom is -0.444 e. The summed E-state index contributed by atoms with van der Waals surface area (Å²) in [6, 6.07) is 4.74. The summed E-state index contributed by atoms with van der Waals surface area (Å²) in [6.07, 6.45) is -0.384. The fourth-order valence-corrected chi connectivity index (χ4v) is 2.44. The summed E-state index contributed by atoms with van der Waals surface area (Å²) in [5.41, 5.74) is -0.124. The molecular weight excluding hydrogens is 358 g/mol. The Kier molecular flexibility index (Phi) is 6.23. The molecule has 1 unspecified atom stereocenters. The molecule has 0 saturated heterocycles. The summed E-state index contributed by atoms with van der Waals surface area (Å²) in [5.74, 6) is -0.129. The lowest BCUT2D eigenvalue weighted by atomic mass is 10.0. The van der Waals surface area contributed by atoms with Crippen molar-refractivity contribution in [1.82, 2.24) is 5.32 Å². The van der Waals surface area contributed by atoms with Gasteiger partial charge in [0.25, 0.3) is 0 Å². The lowest BCUT2D eigenvalue weighted by Gasteiger charge is -2.21. The fourth-order valence-electron chi connectivity index (χ4n) is 1.66. The Morgan fingerprint density at radius 1 is 1.38 bits per heavy atom. The summed E-state index contributed by atoms with van der Waals surface area (Å²) < 4.78 is 5.95. The number of hydrogen-bond donors (Lipinski definition) is 1. The SMILES string of the molecule is CC(CC(=O)c1ccc(Br)cc1Cl)NC(=O)OC(C)(C)C. The zero-order chi connectivity index (χ0) is 16.2. The molecule has 0 saturated carbocycles. The Morgan fingerprint density at radius 2 is 2.00 bits per heavy atom. The standard InChI is InChI=1S/C15H19BrClNO3/c1-9(18-14(20)21-15(2,3)4)7-13(19)11-6-5-10(16)8-12(11)17/h5-6,8-9H,7H2,1-4H3,(H,18,20). The molecule has 0 aliphatic rings. The minimum atomic E-state index is -0.567. The molecule has 0 aromatic heterocycles. The second-order valence-electron chi connectivity index (χ2n) is 5.80. The fraction of sp³-hybridized carbons (Fsp3) is 0.467. The van der Waals surface area contributed by atoms with Crippen LogP contribution in [-0.4, -0.2) is 23.5 Å². The lowest BCUT2D eigenvalue weighted by molar-refractivity contribution is 0.0506. The normalized spacial score (nSPS) is 12.7. The van der Waals surface area contributed by atoms with Gasteiger partial charge in [-0.05, 0) is 45.9 Å². The van der Waals surface area contributed by atoms with E-state index in [1.165, 1.54) is 0 Å². The Hall–Kier alpha value is -1.07. The number of carbonyl (C=O) groups is 2. The van der Waals surface area contributed by atoms with Crippen LogP contribution in [0.5, 0.6) is 0 Å². The first-order valence-electron chi connectivity index (χ1n) is 6.56. The number of halogens is 2. The van der Waals surface area contributed by atoms with Gasteiger partial charge >= 0.3 is 6.09 Å². The van der Waals surface area contributed by atoms with E-state index in [4.69, 9.17) is 16.3 Å². The predicted octanol–water partition coefficient (Wildman–Crippen LogP) is 4.59. The van der Waals surface area contributed by atoms with Crippen LogP contribution in [-0.2, 0) is 4.74 Å². The molecule has 1 N–H and O–H groups in total. The summed E-state index contributed by atoms with van der Waals surface area (Å²) in [6.45, 7) is 7.09. The Balaban J connectivity index is 2.60. The molecule has 0 bridgehead atoms. The molecule has 1 atom stereocenters. The molecule has 1 aromatic carbocycles. The minimum absolute atomic E-state index is 0.129. The number of rotatable bonds is 4. The van der Waals surface area contributed by atoms with Gasteiger partial charge in [-0.15, -0.1) is 0 Å². The number of Topliss-reactive ketones (excluding diaryl/α,β-unsaturated/α-hetero) is 1. The lowest BCUT2D eigenvalue weighted by Crippen LogP contribution is -2.38. The Morgan fingerprint density at radius 3 is 2.52 bits per heavy atom. The van der Waals surface area contributed by atoms with Gasteiger partial charge in [-0.3, -0.25) is 4.79 Å². The number of alkyl carbamates (subject to hydrolysis) is 1. The van der Waals surface area contributed by atoms with Gasteiger partial charge in [0.05, 0.1) is 5.02 Å². The molecule has 0 heterocycles. The molecule has 6 heteroatoms. The van der Waals surface area contributed by atoms with Crippen LogP contribution in [0.15, 0.2) is 22.7 Å². The molecule has 0 radical (unpaired) electrons. The van der Waals surface area contributed by atoms with E-state index in [9.17, 15) is 9.59 Å². The second kappa shape index (κ2) is 7.27. The van der Waals surface area contributed by atoms with Crippen molar-refractivity contribution >= 4 is 39.4 Å². The van der Waals surface area contributed by atoms with E-state index in [-0.39, 0.29) is 18.2 Å². The van der Waals surface area contributed by atoms with Crippen molar-refractivity contribution in [2.75, 3.05) is 0 Å². The smallest absolute Gasteiger partial charge is 0.407 e. The van der Waals surface area contributed by atoms with E-state index in [0.717, 1.165) is 4.47 Å². The van der Waals surface area contributed by atoms with Crippen molar-refractivity contribution in [3.8, 4) is 0 Å². The molecule has 0 fully saturated rings. The Bertz CT molecular complexity index is 540. The number of hydrogen-bond acceptors (Lipinski definition) is 3. The number of nitrogens with one attached hydrogen (secondary N) is 1. The van der Waals surface area contributed by atoms with Crippen molar-refractivity contribution in [3.05, 3.63) is 33.3 Å². The number of ketones is 1. The largest absolute Gasteiger partial charge is 0.444 e. The number of benzene rings is 1. The summed E-state index contributed by atoms with van der Waals surface area (Å²) in [5, 5.41) is 3.02. The van der Waals surface area contributed by atoms with Gasteiger partial charge < -0.3 is 10.1 Å². The van der Waals surface area contributed by atoms with Gasteiger partial charge in [0.2, 0.25) is 0 Å². The summed E-state index contributed by atoms with van der Waals surface area (Å²) in [7, 11) is 0. The highest BCUT2D eigenvalue weighted by Crippen LogP contribution is 2.22.